The first kappa shape index (κ1) is 44.0. The molecule has 0 amide bonds. The summed E-state index contributed by atoms with van der Waals surface area (Å²) in [4.78, 5) is 42.1. The van der Waals surface area contributed by atoms with Gasteiger partial charge in [0.1, 0.15) is 11.7 Å². The van der Waals surface area contributed by atoms with Gasteiger partial charge in [-0.25, -0.2) is 19.6 Å². The molecule has 5 aromatic rings. The summed E-state index contributed by atoms with van der Waals surface area (Å²) < 4.78 is 13.5. The van der Waals surface area contributed by atoms with Crippen molar-refractivity contribution in [1.82, 2.24) is 9.55 Å². The Balaban J connectivity index is 0.000000245. The average Bonchev–Trinajstić information content (AvgIpc) is 3.62. The lowest BCUT2D eigenvalue weighted by atomic mass is 9.97. The van der Waals surface area contributed by atoms with Gasteiger partial charge in [0.05, 0.1) is 24.2 Å². The number of amidine groups is 1. The fourth-order valence-corrected chi connectivity index (χ4v) is 5.85. The standard InChI is InChI=1S/C21H21BrN2O2.C16H17BrN2.C5H7BrO3/c1-4-26-21(25)19-13-24(16-11-9-15(22)10-12-16)20(23-19)18-8-6-5-7-17(18)14(2)3;1-11(2)14-5-3-4-6-15(14)16(18)19-13-9-7-12(17)8-10-13;1-2-9-5(8)4(7)3-6/h5-14H,4H2,1-3H3;3-11H,1-2H3,(H2,18,19);2-3H2,1H3. The molecule has 0 saturated carbocycles. The molecule has 1 aromatic heterocycles. The molecule has 0 radical (unpaired) electrons. The summed E-state index contributed by atoms with van der Waals surface area (Å²) in [5.41, 5.74) is 12.7. The van der Waals surface area contributed by atoms with Crippen LogP contribution in [0.25, 0.3) is 17.1 Å². The first-order valence-electron chi connectivity index (χ1n) is 17.4. The summed E-state index contributed by atoms with van der Waals surface area (Å²) in [7, 11) is 0. The van der Waals surface area contributed by atoms with Crippen LogP contribution in [0.5, 0.6) is 0 Å². The van der Waals surface area contributed by atoms with Crippen LogP contribution in [0.3, 0.4) is 0 Å². The van der Waals surface area contributed by atoms with Crippen LogP contribution in [-0.4, -0.2) is 51.7 Å². The largest absolute Gasteiger partial charge is 0.461 e. The summed E-state index contributed by atoms with van der Waals surface area (Å²) in [6.45, 7) is 12.6. The molecule has 0 atom stereocenters. The number of nitrogens with zero attached hydrogens (tertiary/aromatic N) is 3. The van der Waals surface area contributed by atoms with Gasteiger partial charge in [-0.2, -0.15) is 0 Å². The van der Waals surface area contributed by atoms with E-state index < -0.39 is 17.7 Å². The maximum absolute atomic E-state index is 12.2. The Bertz CT molecular complexity index is 2020. The van der Waals surface area contributed by atoms with Gasteiger partial charge in [0.25, 0.3) is 0 Å². The number of aliphatic imine (C=N–C) groups is 1. The number of nitrogens with two attached hydrogens (primary N) is 1. The number of alkyl halides is 1. The number of imidazole rings is 1. The topological polar surface area (TPSA) is 126 Å². The van der Waals surface area contributed by atoms with E-state index in [0.717, 1.165) is 37.3 Å². The van der Waals surface area contributed by atoms with Crippen molar-refractivity contribution in [2.24, 2.45) is 10.7 Å². The maximum atomic E-state index is 12.2. The summed E-state index contributed by atoms with van der Waals surface area (Å²) >= 11 is 9.70. The van der Waals surface area contributed by atoms with Crippen LogP contribution in [0, 0.1) is 0 Å². The van der Waals surface area contributed by atoms with Crippen molar-refractivity contribution in [3.63, 3.8) is 0 Å². The van der Waals surface area contributed by atoms with Crippen LogP contribution in [0.4, 0.5) is 5.69 Å². The van der Waals surface area contributed by atoms with Crippen molar-refractivity contribution in [1.29, 1.82) is 0 Å². The van der Waals surface area contributed by atoms with E-state index in [-0.39, 0.29) is 11.9 Å². The number of benzene rings is 4. The highest BCUT2D eigenvalue weighted by molar-refractivity contribution is 9.10. The second-order valence-electron chi connectivity index (χ2n) is 12.3. The third-order valence-corrected chi connectivity index (χ3v) is 9.25. The van der Waals surface area contributed by atoms with Gasteiger partial charge < -0.3 is 15.2 Å². The van der Waals surface area contributed by atoms with Crippen molar-refractivity contribution < 1.29 is 23.9 Å². The Morgan fingerprint density at radius 3 is 1.85 bits per heavy atom. The number of hydrogen-bond acceptors (Lipinski definition) is 7. The smallest absolute Gasteiger partial charge is 0.375 e. The van der Waals surface area contributed by atoms with Gasteiger partial charge in [0, 0.05) is 32.0 Å². The Kier molecular flexibility index (Phi) is 18.0. The monoisotopic (exact) mass is 922 g/mol. The number of Topliss-reactive ketones (excluding diaryl/α,β-unsaturated/α-hetero) is 1. The fourth-order valence-electron chi connectivity index (χ4n) is 5.09. The van der Waals surface area contributed by atoms with E-state index in [4.69, 9.17) is 10.5 Å². The van der Waals surface area contributed by atoms with Gasteiger partial charge >= 0.3 is 11.9 Å². The first-order valence-corrected chi connectivity index (χ1v) is 20.1. The van der Waals surface area contributed by atoms with Gasteiger partial charge in [-0.1, -0.05) is 124 Å². The number of carbonyl (C=O) groups is 3. The van der Waals surface area contributed by atoms with Gasteiger partial charge in [-0.3, -0.25) is 9.36 Å². The molecule has 0 unspecified atom stereocenters. The number of esters is 2. The maximum Gasteiger partial charge on any atom is 0.375 e. The molecule has 1 heterocycles. The van der Waals surface area contributed by atoms with Gasteiger partial charge in [-0.15, -0.1) is 0 Å². The average molecular weight is 926 g/mol. The quantitative estimate of drug-likeness (QED) is 0.0460. The number of hydrogen-bond donors (Lipinski definition) is 1. The number of aromatic nitrogens is 2. The molecule has 0 aliphatic carbocycles. The molecule has 0 bridgehead atoms. The predicted octanol–water partition coefficient (Wildman–Crippen LogP) is 10.7. The predicted molar refractivity (Wildman–Crippen MR) is 227 cm³/mol. The minimum absolute atomic E-state index is 0.0336. The zero-order valence-corrected chi connectivity index (χ0v) is 35.9. The molecule has 0 spiro atoms. The Morgan fingerprint density at radius 1 is 0.759 bits per heavy atom. The molecule has 54 heavy (non-hydrogen) atoms. The van der Waals surface area contributed by atoms with Gasteiger partial charge in [0.2, 0.25) is 5.78 Å². The van der Waals surface area contributed by atoms with Crippen LogP contribution in [0.1, 0.15) is 80.6 Å². The zero-order chi connectivity index (χ0) is 39.8. The Labute approximate surface area is 342 Å². The van der Waals surface area contributed by atoms with Crippen molar-refractivity contribution in [3.05, 3.63) is 135 Å². The van der Waals surface area contributed by atoms with Gasteiger partial charge in [0.15, 0.2) is 5.69 Å². The molecule has 4 aromatic carbocycles. The van der Waals surface area contributed by atoms with Crippen LogP contribution >= 0.6 is 47.8 Å². The molecule has 0 aliphatic rings. The molecular formula is C42H45Br3N4O5. The third-order valence-electron chi connectivity index (χ3n) is 7.68. The Morgan fingerprint density at radius 2 is 1.30 bits per heavy atom. The van der Waals surface area contributed by atoms with E-state index >= 15 is 0 Å². The van der Waals surface area contributed by atoms with E-state index in [1.165, 1.54) is 11.1 Å². The van der Waals surface area contributed by atoms with Crippen molar-refractivity contribution in [2.45, 2.75) is 53.4 Å². The second kappa shape index (κ2) is 22.1. The van der Waals surface area contributed by atoms with Crippen LogP contribution < -0.4 is 5.73 Å². The lowest BCUT2D eigenvalue weighted by Crippen LogP contribution is -2.17. The second-order valence-corrected chi connectivity index (χ2v) is 14.6. The van der Waals surface area contributed by atoms with E-state index in [9.17, 15) is 14.4 Å². The van der Waals surface area contributed by atoms with E-state index in [1.807, 2.05) is 89.5 Å². The lowest BCUT2D eigenvalue weighted by Gasteiger charge is -2.14. The highest BCUT2D eigenvalue weighted by Crippen LogP contribution is 2.31. The molecule has 12 heteroatoms. The summed E-state index contributed by atoms with van der Waals surface area (Å²) in [6, 6.07) is 32.0. The molecule has 0 aliphatic heterocycles. The van der Waals surface area contributed by atoms with Crippen molar-refractivity contribution in [3.8, 4) is 17.1 Å². The Hall–Kier alpha value is -4.39. The van der Waals surface area contributed by atoms with E-state index in [2.05, 4.69) is 102 Å². The molecular weight excluding hydrogens is 880 g/mol. The fraction of sp³-hybridized carbons (Fsp3) is 0.262. The van der Waals surface area contributed by atoms with Crippen molar-refractivity contribution in [2.75, 3.05) is 18.5 Å². The molecule has 0 saturated heterocycles. The van der Waals surface area contributed by atoms with Gasteiger partial charge in [-0.05, 0) is 85.3 Å². The molecule has 0 fully saturated rings. The highest BCUT2D eigenvalue weighted by atomic mass is 79.9. The minimum atomic E-state index is -0.769. The minimum Gasteiger partial charge on any atom is -0.461 e. The number of rotatable bonds is 11. The normalized spacial score (nSPS) is 10.9. The molecule has 2 N–H and O–H groups in total. The zero-order valence-electron chi connectivity index (χ0n) is 31.2. The summed E-state index contributed by atoms with van der Waals surface area (Å²) in [5.74, 6) is 0.339. The number of carbonyl (C=O) groups excluding carboxylic acids is 3. The third kappa shape index (κ3) is 12.9. The molecule has 9 nitrogen and oxygen atoms in total. The highest BCUT2D eigenvalue weighted by Gasteiger charge is 2.20. The van der Waals surface area contributed by atoms with E-state index in [1.54, 1.807) is 20.0 Å². The molecule has 284 valence electrons. The molecule has 5 rings (SSSR count). The number of ketones is 1. The van der Waals surface area contributed by atoms with Crippen molar-refractivity contribution >= 4 is 77.0 Å². The van der Waals surface area contributed by atoms with Crippen LogP contribution in [0.2, 0.25) is 0 Å². The SMILES string of the molecule is CC(C)c1ccccc1C(N)=Nc1ccc(Br)cc1.CCOC(=O)C(=O)CBr.CCOC(=O)c1cn(-c2ccc(Br)cc2)c(-c2ccccc2C(C)C)n1. The lowest BCUT2D eigenvalue weighted by molar-refractivity contribution is -0.152. The number of ether oxygens (including phenoxy) is 2. The van der Waals surface area contributed by atoms with E-state index in [0.29, 0.717) is 30.0 Å². The van der Waals surface area contributed by atoms with Crippen LogP contribution in [0.15, 0.2) is 117 Å². The van der Waals surface area contributed by atoms with Crippen LogP contribution in [-0.2, 0) is 19.1 Å². The summed E-state index contributed by atoms with van der Waals surface area (Å²) in [5, 5.41) is 0.0336. The first-order chi connectivity index (χ1) is 25.8. The number of halogens is 3. The summed E-state index contributed by atoms with van der Waals surface area (Å²) in [6.07, 6.45) is 1.74.